The number of esters is 1. The lowest BCUT2D eigenvalue weighted by molar-refractivity contribution is -0.160. The summed E-state index contributed by atoms with van der Waals surface area (Å²) in [5, 5.41) is 4.46. The van der Waals surface area contributed by atoms with Crippen molar-refractivity contribution in [3.63, 3.8) is 0 Å². The summed E-state index contributed by atoms with van der Waals surface area (Å²) in [6, 6.07) is 7.40. The monoisotopic (exact) mass is 274 g/mol. The first-order valence-corrected chi connectivity index (χ1v) is 6.34. The summed E-state index contributed by atoms with van der Waals surface area (Å²) in [6.07, 6.45) is 2.13. The molecular weight excluding hydrogens is 260 g/mol. The van der Waals surface area contributed by atoms with Crippen molar-refractivity contribution >= 4 is 17.6 Å². The summed E-state index contributed by atoms with van der Waals surface area (Å²) >= 11 is 0. The number of carbonyl (C=O) groups is 2. The van der Waals surface area contributed by atoms with Crippen LogP contribution >= 0.6 is 0 Å². The molecule has 2 aliphatic heterocycles. The van der Waals surface area contributed by atoms with Gasteiger partial charge in [0.2, 0.25) is 6.23 Å². The lowest BCUT2D eigenvalue weighted by Crippen LogP contribution is -2.56. The van der Waals surface area contributed by atoms with Crippen molar-refractivity contribution in [3.05, 3.63) is 42.0 Å². The highest BCUT2D eigenvalue weighted by molar-refractivity contribution is 5.93. The van der Waals surface area contributed by atoms with Crippen LogP contribution in [0.5, 0.6) is 0 Å². The molecule has 0 saturated heterocycles. The Hall–Kier alpha value is -2.34. The van der Waals surface area contributed by atoms with E-state index in [2.05, 4.69) is 5.32 Å². The molecule has 2 atom stereocenters. The summed E-state index contributed by atoms with van der Waals surface area (Å²) in [7, 11) is 1.78. The number of fused-ring (bicyclic) bond motifs is 3. The number of hydrogen-bond donors (Lipinski definition) is 1. The zero-order chi connectivity index (χ0) is 14.1. The molecule has 1 aromatic rings. The number of rotatable bonds is 1. The van der Waals surface area contributed by atoms with Gasteiger partial charge in [-0.15, -0.1) is 0 Å². The molecule has 2 aliphatic rings. The van der Waals surface area contributed by atoms with E-state index in [-0.39, 0.29) is 6.04 Å². The van der Waals surface area contributed by atoms with Gasteiger partial charge in [0.15, 0.2) is 0 Å². The largest absolute Gasteiger partial charge is 0.433 e. The van der Waals surface area contributed by atoms with Crippen LogP contribution in [-0.2, 0) is 25.6 Å². The molecule has 1 N–H and O–H groups in total. The molecule has 0 fully saturated rings. The molecule has 1 aromatic carbocycles. The van der Waals surface area contributed by atoms with Crippen LogP contribution in [0.1, 0.15) is 5.56 Å². The Morgan fingerprint density at radius 3 is 2.75 bits per heavy atom. The first-order valence-electron chi connectivity index (χ1n) is 6.34. The van der Waals surface area contributed by atoms with Crippen molar-refractivity contribution in [3.8, 4) is 0 Å². The van der Waals surface area contributed by atoms with Crippen LogP contribution in [0.25, 0.3) is 0 Å². The van der Waals surface area contributed by atoms with E-state index in [1.165, 1.54) is 5.06 Å². The average molecular weight is 274 g/mol. The van der Waals surface area contributed by atoms with Crippen molar-refractivity contribution in [1.82, 2.24) is 5.32 Å². The van der Waals surface area contributed by atoms with E-state index in [1.807, 2.05) is 24.3 Å². The molecule has 0 radical (unpaired) electrons. The maximum atomic E-state index is 11.7. The van der Waals surface area contributed by atoms with Crippen molar-refractivity contribution in [2.75, 3.05) is 12.1 Å². The smallest absolute Gasteiger partial charge is 0.356 e. The zero-order valence-electron chi connectivity index (χ0n) is 10.9. The number of carbonyl (C=O) groups excluding carboxylic acids is 2. The van der Waals surface area contributed by atoms with Gasteiger partial charge in [0.1, 0.15) is 0 Å². The van der Waals surface area contributed by atoms with Crippen LogP contribution < -0.4 is 10.4 Å². The molecule has 104 valence electrons. The van der Waals surface area contributed by atoms with E-state index in [9.17, 15) is 9.59 Å². The number of nitrogens with zero attached hydrogens (tertiary/aromatic N) is 1. The lowest BCUT2D eigenvalue weighted by atomic mass is 9.98. The van der Waals surface area contributed by atoms with Crippen LogP contribution in [0.4, 0.5) is 5.69 Å². The van der Waals surface area contributed by atoms with Gasteiger partial charge in [-0.1, -0.05) is 18.2 Å². The van der Waals surface area contributed by atoms with Crippen LogP contribution in [0.2, 0.25) is 0 Å². The Labute approximate surface area is 115 Å². The second-order valence-corrected chi connectivity index (χ2v) is 4.62. The second-order valence-electron chi connectivity index (χ2n) is 4.62. The number of likely N-dealkylation sites (N-methyl/N-ethyl adjacent to an activating group) is 1. The van der Waals surface area contributed by atoms with Crippen LogP contribution in [0.3, 0.4) is 0 Å². The van der Waals surface area contributed by atoms with E-state index in [0.717, 1.165) is 23.4 Å². The lowest BCUT2D eigenvalue weighted by Gasteiger charge is -2.40. The highest BCUT2D eigenvalue weighted by Gasteiger charge is 2.39. The van der Waals surface area contributed by atoms with Crippen molar-refractivity contribution in [2.45, 2.75) is 18.7 Å². The summed E-state index contributed by atoms with van der Waals surface area (Å²) in [5.41, 5.74) is 1.76. The predicted octanol–water partition coefficient (Wildman–Crippen LogP) is 0.534. The van der Waals surface area contributed by atoms with Gasteiger partial charge in [-0.25, -0.2) is 9.59 Å². The molecule has 1 unspecified atom stereocenters. The molecular formula is C14H14N2O4. The van der Waals surface area contributed by atoms with E-state index >= 15 is 0 Å². The summed E-state index contributed by atoms with van der Waals surface area (Å²) in [5.74, 6) is -1.16. The molecule has 0 aromatic heterocycles. The molecule has 6 heteroatoms. The van der Waals surface area contributed by atoms with Gasteiger partial charge in [0.05, 0.1) is 11.7 Å². The fourth-order valence-corrected chi connectivity index (χ4v) is 2.43. The Balaban J connectivity index is 2.06. The second kappa shape index (κ2) is 4.97. The highest BCUT2D eigenvalue weighted by Crippen LogP contribution is 2.32. The Morgan fingerprint density at radius 2 is 1.95 bits per heavy atom. The Kier molecular flexibility index (Phi) is 3.15. The third-order valence-corrected chi connectivity index (χ3v) is 3.40. The van der Waals surface area contributed by atoms with Crippen molar-refractivity contribution in [2.24, 2.45) is 0 Å². The van der Waals surface area contributed by atoms with Gasteiger partial charge in [-0.3, -0.25) is 0 Å². The van der Waals surface area contributed by atoms with E-state index in [1.54, 1.807) is 7.05 Å². The molecule has 0 spiro atoms. The summed E-state index contributed by atoms with van der Waals surface area (Å²) in [4.78, 5) is 28.6. The SMILES string of the molecule is CN[C@@H]1Cc2ccccc2N2OC(=O)/C=C\C(=O)OC12. The highest BCUT2D eigenvalue weighted by atomic mass is 16.7. The maximum Gasteiger partial charge on any atom is 0.356 e. The maximum absolute atomic E-state index is 11.7. The normalized spacial score (nSPS) is 26.6. The minimum Gasteiger partial charge on any atom is -0.433 e. The number of hydroxylamine groups is 1. The van der Waals surface area contributed by atoms with Gasteiger partial charge in [-0.05, 0) is 25.1 Å². The molecule has 6 nitrogen and oxygen atoms in total. The first kappa shape index (κ1) is 12.7. The molecule has 0 aliphatic carbocycles. The average Bonchev–Trinajstić information content (AvgIpc) is 2.45. The fraction of sp³-hybridized carbons (Fsp3) is 0.286. The molecule has 2 heterocycles. The van der Waals surface area contributed by atoms with Crippen LogP contribution in [0, 0.1) is 0 Å². The van der Waals surface area contributed by atoms with E-state index < -0.39 is 18.2 Å². The van der Waals surface area contributed by atoms with Gasteiger partial charge < -0.3 is 14.9 Å². The molecule has 20 heavy (non-hydrogen) atoms. The van der Waals surface area contributed by atoms with Crippen molar-refractivity contribution < 1.29 is 19.2 Å². The van der Waals surface area contributed by atoms with Crippen molar-refractivity contribution in [1.29, 1.82) is 0 Å². The fourth-order valence-electron chi connectivity index (χ4n) is 2.43. The van der Waals surface area contributed by atoms with E-state index in [0.29, 0.717) is 6.42 Å². The topological polar surface area (TPSA) is 67.9 Å². The third-order valence-electron chi connectivity index (χ3n) is 3.40. The molecule has 0 bridgehead atoms. The predicted molar refractivity (Wildman–Crippen MR) is 70.6 cm³/mol. The van der Waals surface area contributed by atoms with Crippen LogP contribution in [-0.4, -0.2) is 31.3 Å². The summed E-state index contributed by atoms with van der Waals surface area (Å²) in [6.45, 7) is 0. The Morgan fingerprint density at radius 1 is 1.20 bits per heavy atom. The quantitative estimate of drug-likeness (QED) is 0.754. The molecule has 3 rings (SSSR count). The zero-order valence-corrected chi connectivity index (χ0v) is 10.9. The molecule has 0 amide bonds. The number of anilines is 1. The van der Waals surface area contributed by atoms with E-state index in [4.69, 9.17) is 9.57 Å². The van der Waals surface area contributed by atoms with Gasteiger partial charge >= 0.3 is 11.9 Å². The Bertz CT molecular complexity index is 584. The third kappa shape index (κ3) is 2.14. The minimum atomic E-state index is -0.684. The minimum absolute atomic E-state index is 0.159. The number of hydrogen-bond acceptors (Lipinski definition) is 6. The molecule has 0 saturated carbocycles. The van der Waals surface area contributed by atoms with Gasteiger partial charge in [0, 0.05) is 12.2 Å². The number of nitrogens with one attached hydrogen (secondary N) is 1. The standard InChI is InChI=1S/C14H14N2O4/c1-15-10-8-9-4-2-3-5-11(9)16-14(10)19-12(17)6-7-13(18)20-16/h2-7,10,14-15H,8H2,1H3/b7-6-/t10-,14?/m1/s1. The number of para-hydroxylation sites is 1. The summed E-state index contributed by atoms with van der Waals surface area (Å²) < 4.78 is 5.36. The number of ether oxygens (including phenoxy) is 1. The van der Waals surface area contributed by atoms with Gasteiger partial charge in [-0.2, -0.15) is 5.06 Å². The first-order chi connectivity index (χ1) is 9.69. The van der Waals surface area contributed by atoms with Crippen LogP contribution in [0.15, 0.2) is 36.4 Å². The van der Waals surface area contributed by atoms with Gasteiger partial charge in [0.25, 0.3) is 0 Å². The number of benzene rings is 1.